The summed E-state index contributed by atoms with van der Waals surface area (Å²) >= 11 is 0. The highest BCUT2D eigenvalue weighted by atomic mass is 16.4. The van der Waals surface area contributed by atoms with Gasteiger partial charge in [-0.15, -0.1) is 0 Å². The molecule has 2 N–H and O–H groups in total. The highest BCUT2D eigenvalue weighted by Gasteiger charge is 2.16. The fraction of sp³-hybridized carbons (Fsp3) is 0.231. The van der Waals surface area contributed by atoms with Gasteiger partial charge in [-0.05, 0) is 24.3 Å². The van der Waals surface area contributed by atoms with Gasteiger partial charge in [0, 0.05) is 13.2 Å². The standard InChI is InChI=1S/C13H15N3O2/c1-16(9-10-4-2-3-7-15-10)13(17)12-6-5-11(8-14)18-12/h2-7H,8-9,14H2,1H3. The van der Waals surface area contributed by atoms with Crippen LogP contribution >= 0.6 is 0 Å². The maximum Gasteiger partial charge on any atom is 0.289 e. The largest absolute Gasteiger partial charge is 0.455 e. The Kier molecular flexibility index (Phi) is 3.74. The monoisotopic (exact) mass is 245 g/mol. The zero-order valence-corrected chi connectivity index (χ0v) is 10.2. The van der Waals surface area contributed by atoms with Crippen molar-refractivity contribution in [2.45, 2.75) is 13.1 Å². The molecule has 5 nitrogen and oxygen atoms in total. The van der Waals surface area contributed by atoms with Crippen molar-refractivity contribution in [3.63, 3.8) is 0 Å². The summed E-state index contributed by atoms with van der Waals surface area (Å²) < 4.78 is 5.32. The van der Waals surface area contributed by atoms with E-state index in [1.165, 1.54) is 0 Å². The van der Waals surface area contributed by atoms with Gasteiger partial charge in [-0.25, -0.2) is 0 Å². The molecule has 0 saturated heterocycles. The molecule has 5 heteroatoms. The molecular formula is C13H15N3O2. The number of furan rings is 1. The molecule has 0 saturated carbocycles. The van der Waals surface area contributed by atoms with Crippen molar-refractivity contribution in [2.24, 2.45) is 5.73 Å². The van der Waals surface area contributed by atoms with Crippen molar-refractivity contribution in [3.05, 3.63) is 53.7 Å². The Labute approximate surface area is 105 Å². The van der Waals surface area contributed by atoms with E-state index in [1.807, 2.05) is 18.2 Å². The molecule has 0 aliphatic rings. The molecular weight excluding hydrogens is 230 g/mol. The lowest BCUT2D eigenvalue weighted by Crippen LogP contribution is -2.26. The van der Waals surface area contributed by atoms with Crippen LogP contribution in [0.3, 0.4) is 0 Å². The highest BCUT2D eigenvalue weighted by molar-refractivity contribution is 5.91. The number of aromatic nitrogens is 1. The van der Waals surface area contributed by atoms with Gasteiger partial charge in [0.1, 0.15) is 5.76 Å². The molecule has 0 bridgehead atoms. The molecule has 94 valence electrons. The van der Waals surface area contributed by atoms with Crippen LogP contribution in [0.1, 0.15) is 22.0 Å². The van der Waals surface area contributed by atoms with Crippen LogP contribution in [0.5, 0.6) is 0 Å². The van der Waals surface area contributed by atoms with Crippen LogP contribution < -0.4 is 5.73 Å². The lowest BCUT2D eigenvalue weighted by atomic mass is 10.3. The molecule has 0 aliphatic heterocycles. The third-order valence-electron chi connectivity index (χ3n) is 2.55. The number of hydrogen-bond donors (Lipinski definition) is 1. The third kappa shape index (κ3) is 2.75. The van der Waals surface area contributed by atoms with E-state index in [-0.39, 0.29) is 12.5 Å². The molecule has 0 radical (unpaired) electrons. The van der Waals surface area contributed by atoms with Crippen molar-refractivity contribution in [3.8, 4) is 0 Å². The summed E-state index contributed by atoms with van der Waals surface area (Å²) in [6, 6.07) is 8.95. The van der Waals surface area contributed by atoms with Crippen molar-refractivity contribution < 1.29 is 9.21 Å². The number of carbonyl (C=O) groups is 1. The zero-order chi connectivity index (χ0) is 13.0. The van der Waals surface area contributed by atoms with Gasteiger partial charge >= 0.3 is 0 Å². The Morgan fingerprint density at radius 1 is 1.39 bits per heavy atom. The normalized spacial score (nSPS) is 10.3. The average Bonchev–Trinajstić information content (AvgIpc) is 2.87. The lowest BCUT2D eigenvalue weighted by Gasteiger charge is -2.14. The van der Waals surface area contributed by atoms with E-state index in [0.717, 1.165) is 5.69 Å². The van der Waals surface area contributed by atoms with Crippen LogP contribution in [0.25, 0.3) is 0 Å². The number of rotatable bonds is 4. The number of amides is 1. The van der Waals surface area contributed by atoms with E-state index in [0.29, 0.717) is 18.1 Å². The number of hydrogen-bond acceptors (Lipinski definition) is 4. The van der Waals surface area contributed by atoms with Crippen LogP contribution in [0.15, 0.2) is 40.9 Å². The molecule has 2 aromatic rings. The van der Waals surface area contributed by atoms with Crippen molar-refractivity contribution in [1.29, 1.82) is 0 Å². The minimum atomic E-state index is -0.180. The van der Waals surface area contributed by atoms with Gasteiger partial charge in [-0.2, -0.15) is 0 Å². The predicted molar refractivity (Wildman–Crippen MR) is 66.6 cm³/mol. The van der Waals surface area contributed by atoms with E-state index in [9.17, 15) is 4.79 Å². The minimum absolute atomic E-state index is 0.180. The first-order valence-corrected chi connectivity index (χ1v) is 5.65. The predicted octanol–water partition coefficient (Wildman–Crippen LogP) is 1.41. The number of carbonyl (C=O) groups excluding carboxylic acids is 1. The van der Waals surface area contributed by atoms with Gasteiger partial charge < -0.3 is 15.1 Å². The molecule has 0 fully saturated rings. The van der Waals surface area contributed by atoms with Crippen LogP contribution in [0.4, 0.5) is 0 Å². The SMILES string of the molecule is CN(Cc1ccccn1)C(=O)c1ccc(CN)o1. The van der Waals surface area contributed by atoms with E-state index in [1.54, 1.807) is 30.3 Å². The van der Waals surface area contributed by atoms with Crippen LogP contribution in [0, 0.1) is 0 Å². The van der Waals surface area contributed by atoms with Crippen molar-refractivity contribution in [2.75, 3.05) is 7.05 Å². The fourth-order valence-electron chi connectivity index (χ4n) is 1.60. The Morgan fingerprint density at radius 2 is 2.22 bits per heavy atom. The Balaban J connectivity index is 2.05. The first-order valence-electron chi connectivity index (χ1n) is 5.65. The van der Waals surface area contributed by atoms with E-state index >= 15 is 0 Å². The van der Waals surface area contributed by atoms with E-state index in [2.05, 4.69) is 4.98 Å². The van der Waals surface area contributed by atoms with E-state index in [4.69, 9.17) is 10.2 Å². The van der Waals surface area contributed by atoms with Gasteiger partial charge in [-0.3, -0.25) is 9.78 Å². The first kappa shape index (κ1) is 12.3. The van der Waals surface area contributed by atoms with Crippen LogP contribution in [0.2, 0.25) is 0 Å². The number of pyridine rings is 1. The molecule has 0 aromatic carbocycles. The second-order valence-corrected chi connectivity index (χ2v) is 3.95. The summed E-state index contributed by atoms with van der Waals surface area (Å²) in [5.74, 6) is 0.721. The van der Waals surface area contributed by atoms with Gasteiger partial charge in [0.15, 0.2) is 5.76 Å². The fourth-order valence-corrected chi connectivity index (χ4v) is 1.60. The summed E-state index contributed by atoms with van der Waals surface area (Å²) in [5.41, 5.74) is 6.27. The Bertz CT molecular complexity index is 522. The highest BCUT2D eigenvalue weighted by Crippen LogP contribution is 2.11. The number of nitrogens with zero attached hydrogens (tertiary/aromatic N) is 2. The second-order valence-electron chi connectivity index (χ2n) is 3.95. The van der Waals surface area contributed by atoms with Gasteiger partial charge in [0.25, 0.3) is 5.91 Å². The summed E-state index contributed by atoms with van der Waals surface area (Å²) in [5, 5.41) is 0. The summed E-state index contributed by atoms with van der Waals surface area (Å²) in [4.78, 5) is 17.8. The number of nitrogens with two attached hydrogens (primary N) is 1. The first-order chi connectivity index (χ1) is 8.70. The topological polar surface area (TPSA) is 72.4 Å². The molecule has 2 aromatic heterocycles. The van der Waals surface area contributed by atoms with Crippen LogP contribution in [-0.4, -0.2) is 22.8 Å². The van der Waals surface area contributed by atoms with Crippen molar-refractivity contribution in [1.82, 2.24) is 9.88 Å². The molecule has 2 rings (SSSR count). The Hall–Kier alpha value is -2.14. The van der Waals surface area contributed by atoms with E-state index < -0.39 is 0 Å². The van der Waals surface area contributed by atoms with Gasteiger partial charge in [0.2, 0.25) is 0 Å². The molecule has 1 amide bonds. The molecule has 0 atom stereocenters. The van der Waals surface area contributed by atoms with Gasteiger partial charge in [-0.1, -0.05) is 6.07 Å². The second kappa shape index (κ2) is 5.46. The smallest absolute Gasteiger partial charge is 0.289 e. The lowest BCUT2D eigenvalue weighted by molar-refractivity contribution is 0.0750. The molecule has 0 aliphatic carbocycles. The maximum atomic E-state index is 12.0. The van der Waals surface area contributed by atoms with Crippen LogP contribution in [-0.2, 0) is 13.1 Å². The molecule has 0 spiro atoms. The third-order valence-corrected chi connectivity index (χ3v) is 2.55. The quantitative estimate of drug-likeness (QED) is 0.883. The molecule has 18 heavy (non-hydrogen) atoms. The Morgan fingerprint density at radius 3 is 2.83 bits per heavy atom. The molecule has 2 heterocycles. The molecule has 0 unspecified atom stereocenters. The van der Waals surface area contributed by atoms with Gasteiger partial charge in [0.05, 0.1) is 18.8 Å². The summed E-state index contributed by atoms with van der Waals surface area (Å²) in [7, 11) is 1.71. The maximum absolute atomic E-state index is 12.0. The zero-order valence-electron chi connectivity index (χ0n) is 10.2. The average molecular weight is 245 g/mol. The van der Waals surface area contributed by atoms with Crippen molar-refractivity contribution >= 4 is 5.91 Å². The minimum Gasteiger partial charge on any atom is -0.455 e. The summed E-state index contributed by atoms with van der Waals surface area (Å²) in [6.45, 7) is 0.732. The summed E-state index contributed by atoms with van der Waals surface area (Å²) in [6.07, 6.45) is 1.70.